The minimum atomic E-state index is -0.638. The molecule has 1 fully saturated rings. The molecule has 2 N–H and O–H groups in total. The summed E-state index contributed by atoms with van der Waals surface area (Å²) in [5.74, 6) is -1.13. The summed E-state index contributed by atoms with van der Waals surface area (Å²) >= 11 is 0. The lowest BCUT2D eigenvalue weighted by Crippen LogP contribution is -2.49. The van der Waals surface area contributed by atoms with E-state index in [0.717, 1.165) is 0 Å². The third-order valence-corrected chi connectivity index (χ3v) is 5.55. The monoisotopic (exact) mass is 360 g/mol. The first-order valence-corrected chi connectivity index (χ1v) is 8.97. The van der Waals surface area contributed by atoms with E-state index in [4.69, 9.17) is 4.74 Å². The fourth-order valence-corrected chi connectivity index (χ4v) is 4.01. The lowest BCUT2D eigenvalue weighted by atomic mass is 9.70. The standard InChI is InChI=1S/C20H24O6/c1-10(2)6-15(23)16-17(24)13-8-11-7-12(22)4-5-20(11,3)26-19(13)14(9-21)18(16)25/h9-11,24-25H,4-8H2,1-3H3/t11-,20-/m0/s1. The highest BCUT2D eigenvalue weighted by atomic mass is 16.5. The van der Waals surface area contributed by atoms with Gasteiger partial charge in [0.1, 0.15) is 34.2 Å². The molecule has 0 bridgehead atoms. The number of hydrogen-bond donors (Lipinski definition) is 2. The number of carbonyl (C=O) groups is 3. The number of phenolic OH excluding ortho intramolecular Hbond substituents is 2. The van der Waals surface area contributed by atoms with E-state index in [-0.39, 0.29) is 46.7 Å². The molecule has 0 radical (unpaired) electrons. The first-order chi connectivity index (χ1) is 12.2. The highest BCUT2D eigenvalue weighted by molar-refractivity contribution is 6.05. The van der Waals surface area contributed by atoms with Crippen LogP contribution in [0.1, 0.15) is 72.7 Å². The van der Waals surface area contributed by atoms with Crippen LogP contribution in [-0.4, -0.2) is 33.7 Å². The largest absolute Gasteiger partial charge is 0.507 e. The molecule has 1 aromatic rings. The molecule has 0 aromatic heterocycles. The van der Waals surface area contributed by atoms with Gasteiger partial charge in [-0.25, -0.2) is 0 Å². The number of Topliss-reactive ketones (excluding diaryl/α,β-unsaturated/α-hetero) is 2. The van der Waals surface area contributed by atoms with Crippen LogP contribution >= 0.6 is 0 Å². The molecule has 0 amide bonds. The van der Waals surface area contributed by atoms with Gasteiger partial charge in [0.05, 0.1) is 5.56 Å². The molecule has 1 heterocycles. The van der Waals surface area contributed by atoms with Gasteiger partial charge in [-0.05, 0) is 25.7 Å². The van der Waals surface area contributed by atoms with Gasteiger partial charge in [0.2, 0.25) is 0 Å². The van der Waals surface area contributed by atoms with E-state index in [0.29, 0.717) is 37.5 Å². The summed E-state index contributed by atoms with van der Waals surface area (Å²) in [6.07, 6.45) is 2.18. The highest BCUT2D eigenvalue weighted by Crippen LogP contribution is 2.51. The minimum absolute atomic E-state index is 0.0347. The van der Waals surface area contributed by atoms with E-state index >= 15 is 0 Å². The van der Waals surface area contributed by atoms with Crippen molar-refractivity contribution in [3.63, 3.8) is 0 Å². The number of rotatable bonds is 4. The Labute approximate surface area is 152 Å². The van der Waals surface area contributed by atoms with Gasteiger partial charge >= 0.3 is 0 Å². The van der Waals surface area contributed by atoms with E-state index in [9.17, 15) is 24.6 Å². The Bertz CT molecular complexity index is 794. The first-order valence-electron chi connectivity index (χ1n) is 8.97. The van der Waals surface area contributed by atoms with Crippen LogP contribution in [0.2, 0.25) is 0 Å². The van der Waals surface area contributed by atoms with Crippen LogP contribution < -0.4 is 4.74 Å². The van der Waals surface area contributed by atoms with Gasteiger partial charge in [-0.1, -0.05) is 13.8 Å². The third kappa shape index (κ3) is 2.87. The zero-order chi connectivity index (χ0) is 19.2. The molecular formula is C20H24O6. The molecule has 3 rings (SSSR count). The van der Waals surface area contributed by atoms with Crippen LogP contribution in [0.25, 0.3) is 0 Å². The molecule has 0 saturated heterocycles. The third-order valence-electron chi connectivity index (χ3n) is 5.55. The predicted octanol–water partition coefficient (Wildman–Crippen LogP) is 3.20. The molecule has 2 atom stereocenters. The number of benzene rings is 1. The molecule has 2 aliphatic rings. The fraction of sp³-hybridized carbons (Fsp3) is 0.550. The molecule has 1 aliphatic carbocycles. The van der Waals surface area contributed by atoms with Gasteiger partial charge in [-0.3, -0.25) is 14.4 Å². The summed E-state index contributed by atoms with van der Waals surface area (Å²) in [7, 11) is 0. The molecular weight excluding hydrogens is 336 g/mol. The Morgan fingerprint density at radius 1 is 1.31 bits per heavy atom. The lowest BCUT2D eigenvalue weighted by Gasteiger charge is -2.45. The molecule has 1 aromatic carbocycles. The number of ether oxygens (including phenoxy) is 1. The van der Waals surface area contributed by atoms with E-state index in [1.165, 1.54) is 0 Å². The SMILES string of the molecule is CC(C)CC(=O)c1c(O)c(C=O)c2c(c1O)C[C@@H]1CC(=O)CC[C@]1(C)O2. The molecule has 6 nitrogen and oxygen atoms in total. The minimum Gasteiger partial charge on any atom is -0.507 e. The topological polar surface area (TPSA) is 101 Å². The maximum absolute atomic E-state index is 12.5. The van der Waals surface area contributed by atoms with Crippen LogP contribution in [0.15, 0.2) is 0 Å². The van der Waals surface area contributed by atoms with E-state index in [1.807, 2.05) is 20.8 Å². The molecule has 1 saturated carbocycles. The van der Waals surface area contributed by atoms with Gasteiger partial charge in [0, 0.05) is 30.7 Å². The quantitative estimate of drug-likeness (QED) is 0.632. The van der Waals surface area contributed by atoms with Crippen molar-refractivity contribution in [1.29, 1.82) is 0 Å². The summed E-state index contributed by atoms with van der Waals surface area (Å²) in [6, 6.07) is 0. The second-order valence-electron chi connectivity index (χ2n) is 7.99. The normalized spacial score (nSPS) is 24.6. The Morgan fingerprint density at radius 3 is 2.62 bits per heavy atom. The Kier molecular flexibility index (Phi) is 4.54. The smallest absolute Gasteiger partial charge is 0.170 e. The maximum atomic E-state index is 12.5. The molecule has 0 spiro atoms. The van der Waals surface area contributed by atoms with Gasteiger partial charge in [0.25, 0.3) is 0 Å². The van der Waals surface area contributed by atoms with Crippen LogP contribution in [-0.2, 0) is 11.2 Å². The van der Waals surface area contributed by atoms with Gasteiger partial charge in [-0.15, -0.1) is 0 Å². The number of ketones is 2. The average molecular weight is 360 g/mol. The Hall–Kier alpha value is -2.37. The van der Waals surface area contributed by atoms with Crippen molar-refractivity contribution in [2.45, 2.75) is 58.5 Å². The van der Waals surface area contributed by atoms with Crippen molar-refractivity contribution < 1.29 is 29.3 Å². The molecule has 0 unspecified atom stereocenters. The van der Waals surface area contributed by atoms with Crippen molar-refractivity contribution in [2.24, 2.45) is 11.8 Å². The lowest BCUT2D eigenvalue weighted by molar-refractivity contribution is -0.128. The molecule has 140 valence electrons. The summed E-state index contributed by atoms with van der Waals surface area (Å²) in [5, 5.41) is 21.2. The van der Waals surface area contributed by atoms with E-state index in [2.05, 4.69) is 0 Å². The first kappa shape index (κ1) is 18.4. The summed E-state index contributed by atoms with van der Waals surface area (Å²) in [5.41, 5.74) is -0.648. The maximum Gasteiger partial charge on any atom is 0.170 e. The van der Waals surface area contributed by atoms with Crippen molar-refractivity contribution >= 4 is 17.9 Å². The van der Waals surface area contributed by atoms with Gasteiger partial charge in [-0.2, -0.15) is 0 Å². The zero-order valence-electron chi connectivity index (χ0n) is 15.3. The van der Waals surface area contributed by atoms with Crippen LogP contribution in [0.3, 0.4) is 0 Å². The zero-order valence-corrected chi connectivity index (χ0v) is 15.3. The second kappa shape index (κ2) is 6.41. The number of fused-ring (bicyclic) bond motifs is 2. The van der Waals surface area contributed by atoms with Crippen LogP contribution in [0.5, 0.6) is 17.2 Å². The number of aromatic hydroxyl groups is 2. The van der Waals surface area contributed by atoms with Crippen LogP contribution in [0, 0.1) is 11.8 Å². The predicted molar refractivity (Wildman–Crippen MR) is 94.0 cm³/mol. The van der Waals surface area contributed by atoms with Crippen LogP contribution in [0.4, 0.5) is 0 Å². The molecule has 1 aliphatic heterocycles. The summed E-state index contributed by atoms with van der Waals surface area (Å²) in [4.78, 5) is 36.0. The van der Waals surface area contributed by atoms with E-state index in [1.54, 1.807) is 0 Å². The van der Waals surface area contributed by atoms with Crippen molar-refractivity contribution in [3.8, 4) is 17.2 Å². The summed E-state index contributed by atoms with van der Waals surface area (Å²) in [6.45, 7) is 5.59. The molecule has 6 heteroatoms. The second-order valence-corrected chi connectivity index (χ2v) is 7.99. The van der Waals surface area contributed by atoms with Crippen molar-refractivity contribution in [3.05, 3.63) is 16.7 Å². The number of phenols is 2. The average Bonchev–Trinajstić information content (AvgIpc) is 2.54. The number of carbonyl (C=O) groups excluding carboxylic acids is 3. The Morgan fingerprint density at radius 2 is 2.00 bits per heavy atom. The summed E-state index contributed by atoms with van der Waals surface area (Å²) < 4.78 is 6.06. The van der Waals surface area contributed by atoms with E-state index < -0.39 is 17.1 Å². The van der Waals surface area contributed by atoms with Crippen molar-refractivity contribution in [1.82, 2.24) is 0 Å². The number of hydrogen-bond acceptors (Lipinski definition) is 6. The van der Waals surface area contributed by atoms with Gasteiger partial charge < -0.3 is 14.9 Å². The fourth-order valence-electron chi connectivity index (χ4n) is 4.01. The molecule has 26 heavy (non-hydrogen) atoms. The van der Waals surface area contributed by atoms with Gasteiger partial charge in [0.15, 0.2) is 12.1 Å². The number of aldehydes is 1. The Balaban J connectivity index is 2.15. The van der Waals surface area contributed by atoms with Crippen molar-refractivity contribution in [2.75, 3.05) is 0 Å². The highest BCUT2D eigenvalue weighted by Gasteiger charge is 2.47.